The van der Waals surface area contributed by atoms with Crippen LogP contribution < -0.4 is 24.4 Å². The number of likely N-dealkylation sites (tertiary alicyclic amines) is 1. The van der Waals surface area contributed by atoms with Crippen molar-refractivity contribution in [1.29, 1.82) is 0 Å². The molecule has 27 heteroatoms. The molecular formula is C52H60F5N9O12S. The molecule has 3 aromatic carbocycles. The maximum Gasteiger partial charge on any atom is 0.410 e. The molecule has 0 saturated carbocycles. The van der Waals surface area contributed by atoms with E-state index < -0.39 is 105 Å². The average molecular weight is 1130 g/mol. The summed E-state index contributed by atoms with van der Waals surface area (Å²) >= 11 is 0. The van der Waals surface area contributed by atoms with Crippen LogP contribution in [0, 0.1) is 23.0 Å². The molecule has 0 bridgehead atoms. The molecule has 5 heterocycles. The molecule has 426 valence electrons. The zero-order chi connectivity index (χ0) is 57.9. The number of aromatic nitrogens is 4. The van der Waals surface area contributed by atoms with Crippen molar-refractivity contribution in [3.05, 3.63) is 113 Å². The highest BCUT2D eigenvalue weighted by Crippen LogP contribution is 2.49. The first-order valence-corrected chi connectivity index (χ1v) is 26.5. The molecule has 5 aromatic rings. The molecule has 3 aliphatic rings. The van der Waals surface area contributed by atoms with E-state index in [9.17, 15) is 59.4 Å². The van der Waals surface area contributed by atoms with Crippen LogP contribution in [0.5, 0.6) is 17.2 Å². The van der Waals surface area contributed by atoms with Crippen LogP contribution in [0.15, 0.2) is 72.8 Å². The summed E-state index contributed by atoms with van der Waals surface area (Å²) in [6.07, 6.45) is -3.98. The van der Waals surface area contributed by atoms with Crippen molar-refractivity contribution in [3.8, 4) is 17.2 Å². The lowest BCUT2D eigenvalue weighted by Crippen LogP contribution is -2.67. The maximum absolute atomic E-state index is 14.6. The first kappa shape index (κ1) is 59.0. The Balaban J connectivity index is 0.000000238. The monoisotopic (exact) mass is 1130 g/mol. The Bertz CT molecular complexity index is 3180. The molecule has 21 nitrogen and oxygen atoms in total. The number of ether oxygens (including phenoxy) is 4. The summed E-state index contributed by atoms with van der Waals surface area (Å²) in [4.78, 5) is 69.8. The van der Waals surface area contributed by atoms with Gasteiger partial charge in [0.25, 0.3) is 11.8 Å². The number of carbonyl (C=O) groups excluding carboxylic acids is 5. The van der Waals surface area contributed by atoms with Gasteiger partial charge in [-0.05, 0) is 67.3 Å². The Morgan fingerprint density at radius 2 is 1.39 bits per heavy atom. The predicted octanol–water partition coefficient (Wildman–Crippen LogP) is 4.90. The lowest BCUT2D eigenvalue weighted by molar-refractivity contribution is -0.221. The number of methoxy groups -OCH3 is 3. The van der Waals surface area contributed by atoms with Crippen LogP contribution in [-0.4, -0.2) is 170 Å². The number of nitrogens with zero attached hydrogens (tertiary/aromatic N) is 8. The summed E-state index contributed by atoms with van der Waals surface area (Å²) in [6, 6.07) is 15.1. The van der Waals surface area contributed by atoms with Gasteiger partial charge < -0.3 is 44.1 Å². The fourth-order valence-electron chi connectivity index (χ4n) is 9.39. The van der Waals surface area contributed by atoms with Crippen LogP contribution in [0.3, 0.4) is 0 Å². The number of hydrogen-bond donors (Lipinski definition) is 2. The smallest absolute Gasteiger partial charge is 0.410 e. The van der Waals surface area contributed by atoms with Crippen LogP contribution in [0.1, 0.15) is 70.3 Å². The van der Waals surface area contributed by atoms with Crippen molar-refractivity contribution in [2.24, 2.45) is 11.3 Å². The van der Waals surface area contributed by atoms with Gasteiger partial charge in [0, 0.05) is 39.8 Å². The van der Waals surface area contributed by atoms with E-state index in [1.165, 1.54) is 79.7 Å². The van der Waals surface area contributed by atoms with Gasteiger partial charge in [0.15, 0.2) is 23.1 Å². The SMILES string of the molecule is COc1c(C2C(=O)N(S(C)(=O)=O)CC2C)nn(C(=O)C(C)(C)CO)c1NCc1ccc(F)cc1.COc1ccccc1C(=O)n1nc(C2C(=O)N(CC(=O)N3CCOCC3)C2C(F)(F)F)c(OC)c1N(C)Cc1ccc(F)cc1. The zero-order valence-electron chi connectivity index (χ0n) is 44.4. The van der Waals surface area contributed by atoms with Crippen molar-refractivity contribution in [2.45, 2.75) is 57.9 Å². The van der Waals surface area contributed by atoms with Crippen molar-refractivity contribution >= 4 is 51.2 Å². The summed E-state index contributed by atoms with van der Waals surface area (Å²) in [5.74, 6) is -7.53. The highest BCUT2D eigenvalue weighted by molar-refractivity contribution is 7.88. The molecule has 4 unspecified atom stereocenters. The third-order valence-corrected chi connectivity index (χ3v) is 14.7. The maximum atomic E-state index is 14.6. The van der Waals surface area contributed by atoms with Crippen molar-refractivity contribution in [3.63, 3.8) is 0 Å². The number of rotatable bonds is 17. The number of alkyl halides is 3. The first-order chi connectivity index (χ1) is 37.3. The number of morpholine rings is 1. The third-order valence-electron chi connectivity index (χ3n) is 13.6. The lowest BCUT2D eigenvalue weighted by atomic mass is 9.83. The highest BCUT2D eigenvalue weighted by Gasteiger charge is 2.63. The number of aliphatic hydroxyl groups is 1. The second-order valence-electron chi connectivity index (χ2n) is 19.7. The average Bonchev–Trinajstić information content (AvgIpc) is 4.11. The van der Waals surface area contributed by atoms with Crippen molar-refractivity contribution in [2.75, 3.05) is 90.8 Å². The number of halogens is 5. The normalized spacial score (nSPS) is 18.6. The number of amides is 3. The summed E-state index contributed by atoms with van der Waals surface area (Å²) in [7, 11) is 1.68. The number of aliphatic hydroxyl groups excluding tert-OH is 1. The Kier molecular flexibility index (Phi) is 17.7. The molecule has 3 amide bonds. The molecule has 0 spiro atoms. The van der Waals surface area contributed by atoms with Crippen LogP contribution in [0.4, 0.5) is 33.6 Å². The molecule has 3 aliphatic heterocycles. The summed E-state index contributed by atoms with van der Waals surface area (Å²) in [5, 5.41) is 21.5. The molecule has 2 aromatic heterocycles. The van der Waals surface area contributed by atoms with Crippen LogP contribution in [-0.2, 0) is 42.2 Å². The lowest BCUT2D eigenvalue weighted by Gasteiger charge is -2.47. The largest absolute Gasteiger partial charge is 0.496 e. The second kappa shape index (κ2) is 23.8. The Morgan fingerprint density at radius 1 is 0.823 bits per heavy atom. The molecule has 3 saturated heterocycles. The van der Waals surface area contributed by atoms with Gasteiger partial charge >= 0.3 is 6.18 Å². The van der Waals surface area contributed by atoms with E-state index in [0.29, 0.717) is 16.0 Å². The van der Waals surface area contributed by atoms with Gasteiger partial charge in [-0.3, -0.25) is 24.0 Å². The minimum absolute atomic E-state index is 0.0211. The van der Waals surface area contributed by atoms with E-state index in [-0.39, 0.29) is 86.1 Å². The van der Waals surface area contributed by atoms with E-state index in [1.54, 1.807) is 52.1 Å². The highest BCUT2D eigenvalue weighted by atomic mass is 32.2. The minimum atomic E-state index is -4.94. The van der Waals surface area contributed by atoms with Crippen LogP contribution in [0.2, 0.25) is 0 Å². The van der Waals surface area contributed by atoms with Gasteiger partial charge in [0.1, 0.15) is 47.3 Å². The van der Waals surface area contributed by atoms with E-state index in [0.717, 1.165) is 19.9 Å². The standard InChI is InChI=1S/C30H31F4N5O6.C22H29FN4O6S/c1-36(16-18-8-10-19(31)11-9-18)27-25(44-3)24(35-39(27)28(41)20-6-4-5-7-21(20)43-2)23-26(30(32,33)34)38(29(23)42)17-22(40)37-12-14-45-15-13-37;1-13-11-26(34(5,31)32)20(29)16(13)17-18(33-4)19(24-10-14-6-8-15(23)9-7-14)27(25-17)21(30)22(2,3)12-28/h4-11,23,26H,12-17H2,1-3H3;6-9,13,16,24,28H,10-12H2,1-5H3. The molecule has 4 atom stereocenters. The molecule has 8 rings (SSSR count). The molecule has 0 aliphatic carbocycles. The number of β-lactam (4-membered cyclic amide) rings is 1. The molecule has 0 radical (unpaired) electrons. The van der Waals surface area contributed by atoms with Gasteiger partial charge in [0.05, 0.1) is 64.3 Å². The number of benzene rings is 3. The second-order valence-corrected chi connectivity index (χ2v) is 21.6. The van der Waals surface area contributed by atoms with E-state index >= 15 is 0 Å². The summed E-state index contributed by atoms with van der Waals surface area (Å²) in [5.41, 5.74) is -0.122. The van der Waals surface area contributed by atoms with Crippen LogP contribution >= 0.6 is 0 Å². The Labute approximate surface area is 451 Å². The molecular weight excluding hydrogens is 1070 g/mol. The zero-order valence-corrected chi connectivity index (χ0v) is 45.2. The number of nitrogens with one attached hydrogen (secondary N) is 1. The number of hydrogen-bond acceptors (Lipinski definition) is 16. The minimum Gasteiger partial charge on any atom is -0.496 e. The molecule has 3 fully saturated rings. The number of anilines is 2. The van der Waals surface area contributed by atoms with Gasteiger partial charge in [-0.25, -0.2) is 21.5 Å². The van der Waals surface area contributed by atoms with Crippen molar-refractivity contribution < 1.29 is 78.4 Å². The molecule has 2 N–H and O–H groups in total. The number of carbonyl (C=O) groups is 5. The first-order valence-electron chi connectivity index (χ1n) is 24.6. The van der Waals surface area contributed by atoms with Gasteiger partial charge in [-0.1, -0.05) is 43.3 Å². The van der Waals surface area contributed by atoms with Gasteiger partial charge in [-0.15, -0.1) is 0 Å². The van der Waals surface area contributed by atoms with Gasteiger partial charge in [0.2, 0.25) is 27.7 Å². The topological polar surface area (TPSA) is 237 Å². The van der Waals surface area contributed by atoms with E-state index in [1.807, 2.05) is 0 Å². The fraction of sp³-hybridized carbons (Fsp3) is 0.442. The van der Waals surface area contributed by atoms with Gasteiger partial charge in [-0.2, -0.15) is 32.7 Å². The van der Waals surface area contributed by atoms with Crippen molar-refractivity contribution in [1.82, 2.24) is 33.7 Å². The fourth-order valence-corrected chi connectivity index (χ4v) is 10.3. The third kappa shape index (κ3) is 12.3. The molecule has 79 heavy (non-hydrogen) atoms. The quantitative estimate of drug-likeness (QED) is 0.0930. The van der Waals surface area contributed by atoms with E-state index in [2.05, 4.69) is 15.5 Å². The summed E-state index contributed by atoms with van der Waals surface area (Å²) < 4.78 is 119. The number of para-hydroxylation sites is 1. The summed E-state index contributed by atoms with van der Waals surface area (Å²) in [6.45, 7) is 4.69. The predicted molar refractivity (Wildman–Crippen MR) is 274 cm³/mol. The van der Waals surface area contributed by atoms with Crippen LogP contribution in [0.25, 0.3) is 0 Å². The number of sulfonamides is 1. The Hall–Kier alpha value is -7.65. The van der Waals surface area contributed by atoms with E-state index in [4.69, 9.17) is 18.9 Å². The Morgan fingerprint density at radius 3 is 1.94 bits per heavy atom.